The van der Waals surface area contributed by atoms with Crippen LogP contribution in [0.4, 0.5) is 0 Å². The van der Waals surface area contributed by atoms with E-state index in [9.17, 15) is 19.2 Å². The summed E-state index contributed by atoms with van der Waals surface area (Å²) in [6.45, 7) is 6.33. The first-order valence-corrected chi connectivity index (χ1v) is 9.71. The predicted molar refractivity (Wildman–Crippen MR) is 105 cm³/mol. The van der Waals surface area contributed by atoms with Crippen LogP contribution in [0.5, 0.6) is 0 Å². The van der Waals surface area contributed by atoms with Crippen LogP contribution in [-0.4, -0.2) is 41.2 Å². The highest BCUT2D eigenvalue weighted by atomic mass is 16.2. The summed E-state index contributed by atoms with van der Waals surface area (Å²) in [7, 11) is 0. The van der Waals surface area contributed by atoms with Gasteiger partial charge in [-0.05, 0) is 49.6 Å². The van der Waals surface area contributed by atoms with E-state index in [-0.39, 0.29) is 36.1 Å². The molecule has 28 heavy (non-hydrogen) atoms. The van der Waals surface area contributed by atoms with Crippen LogP contribution in [0.25, 0.3) is 0 Å². The van der Waals surface area contributed by atoms with Gasteiger partial charge in [0.15, 0.2) is 0 Å². The zero-order valence-electron chi connectivity index (χ0n) is 16.6. The van der Waals surface area contributed by atoms with Gasteiger partial charge in [0, 0.05) is 44.3 Å². The van der Waals surface area contributed by atoms with Crippen molar-refractivity contribution >= 4 is 23.3 Å². The fourth-order valence-corrected chi connectivity index (χ4v) is 4.35. The molecule has 5 nitrogen and oxygen atoms in total. The SMILES string of the molecule is CC#Cc1cc(C)c(C2C(=O)CC(C(=O)N3CCC(=O)CC3)CC2=O)c(C)c1. The number of nitrogens with zero attached hydrogens (tertiary/aromatic N) is 1. The molecule has 5 heteroatoms. The number of likely N-dealkylation sites (tertiary alicyclic amines) is 1. The largest absolute Gasteiger partial charge is 0.342 e. The van der Waals surface area contributed by atoms with Crippen molar-refractivity contribution in [2.45, 2.75) is 52.4 Å². The molecule has 1 aliphatic heterocycles. The van der Waals surface area contributed by atoms with Gasteiger partial charge in [-0.2, -0.15) is 0 Å². The number of amides is 1. The first-order valence-electron chi connectivity index (χ1n) is 9.71. The fraction of sp³-hybridized carbons (Fsp3) is 0.478. The number of rotatable bonds is 2. The molecule has 1 aliphatic carbocycles. The van der Waals surface area contributed by atoms with Crippen molar-refractivity contribution in [3.63, 3.8) is 0 Å². The molecule has 1 aromatic carbocycles. The molecule has 0 bridgehead atoms. The van der Waals surface area contributed by atoms with E-state index in [0.29, 0.717) is 25.9 Å². The van der Waals surface area contributed by atoms with Crippen molar-refractivity contribution in [2.24, 2.45) is 5.92 Å². The van der Waals surface area contributed by atoms with Crippen LogP contribution in [-0.2, 0) is 19.2 Å². The first-order chi connectivity index (χ1) is 13.3. The number of hydrogen-bond acceptors (Lipinski definition) is 4. The molecule has 1 aromatic rings. The molecule has 0 radical (unpaired) electrons. The average Bonchev–Trinajstić information content (AvgIpc) is 2.63. The lowest BCUT2D eigenvalue weighted by Crippen LogP contribution is -2.45. The predicted octanol–water partition coefficient (Wildman–Crippen LogP) is 2.50. The molecular formula is C23H25NO4. The van der Waals surface area contributed by atoms with Gasteiger partial charge in [0.05, 0.1) is 5.92 Å². The maximum absolute atomic E-state index is 12.9. The maximum atomic E-state index is 12.9. The van der Waals surface area contributed by atoms with Gasteiger partial charge >= 0.3 is 0 Å². The van der Waals surface area contributed by atoms with E-state index >= 15 is 0 Å². The maximum Gasteiger partial charge on any atom is 0.226 e. The number of aryl methyl sites for hydroxylation is 2. The van der Waals surface area contributed by atoms with Crippen molar-refractivity contribution in [3.05, 3.63) is 34.4 Å². The van der Waals surface area contributed by atoms with Gasteiger partial charge in [-0.25, -0.2) is 0 Å². The average molecular weight is 379 g/mol. The fourth-order valence-electron chi connectivity index (χ4n) is 4.35. The summed E-state index contributed by atoms with van der Waals surface area (Å²) < 4.78 is 0. The lowest BCUT2D eigenvalue weighted by molar-refractivity contribution is -0.146. The number of carbonyl (C=O) groups is 4. The Bertz CT molecular complexity index is 867. The van der Waals surface area contributed by atoms with E-state index in [1.165, 1.54) is 0 Å². The van der Waals surface area contributed by atoms with Crippen molar-refractivity contribution in [1.82, 2.24) is 4.90 Å². The summed E-state index contributed by atoms with van der Waals surface area (Å²) in [5.41, 5.74) is 3.38. The van der Waals surface area contributed by atoms with Gasteiger partial charge in [0.1, 0.15) is 23.3 Å². The van der Waals surface area contributed by atoms with Crippen LogP contribution in [0.15, 0.2) is 12.1 Å². The first kappa shape index (κ1) is 20.0. The Morgan fingerprint density at radius 2 is 1.54 bits per heavy atom. The van der Waals surface area contributed by atoms with Crippen LogP contribution < -0.4 is 0 Å². The van der Waals surface area contributed by atoms with E-state index in [4.69, 9.17) is 0 Å². The summed E-state index contributed by atoms with van der Waals surface area (Å²) in [6.07, 6.45) is 0.868. The van der Waals surface area contributed by atoms with Crippen LogP contribution in [0.2, 0.25) is 0 Å². The third-order valence-corrected chi connectivity index (χ3v) is 5.67. The van der Waals surface area contributed by atoms with Crippen LogP contribution >= 0.6 is 0 Å². The quantitative estimate of drug-likeness (QED) is 0.585. The van der Waals surface area contributed by atoms with Gasteiger partial charge in [-0.15, -0.1) is 5.92 Å². The molecule has 2 fully saturated rings. The molecule has 3 rings (SSSR count). The number of ketones is 3. The summed E-state index contributed by atoms with van der Waals surface area (Å²) in [5.74, 6) is 4.07. The molecule has 0 spiro atoms. The topological polar surface area (TPSA) is 71.5 Å². The summed E-state index contributed by atoms with van der Waals surface area (Å²) >= 11 is 0. The number of hydrogen-bond donors (Lipinski definition) is 0. The van der Waals surface area contributed by atoms with Gasteiger partial charge < -0.3 is 4.90 Å². The number of piperidine rings is 1. The second-order valence-corrected chi connectivity index (χ2v) is 7.73. The molecule has 1 saturated carbocycles. The molecule has 0 atom stereocenters. The minimum atomic E-state index is -0.796. The molecule has 0 aromatic heterocycles. The molecule has 146 valence electrons. The highest BCUT2D eigenvalue weighted by Crippen LogP contribution is 2.35. The van der Waals surface area contributed by atoms with Gasteiger partial charge in [0.25, 0.3) is 0 Å². The normalized spacial score (nSPS) is 22.7. The van der Waals surface area contributed by atoms with E-state index < -0.39 is 11.8 Å². The summed E-state index contributed by atoms with van der Waals surface area (Å²) in [6, 6.07) is 3.81. The van der Waals surface area contributed by atoms with Crippen molar-refractivity contribution in [2.75, 3.05) is 13.1 Å². The molecule has 1 amide bonds. The van der Waals surface area contributed by atoms with Crippen molar-refractivity contribution < 1.29 is 19.2 Å². The van der Waals surface area contributed by atoms with Crippen molar-refractivity contribution in [3.8, 4) is 11.8 Å². The zero-order chi connectivity index (χ0) is 20.4. The van der Waals surface area contributed by atoms with E-state index in [1.54, 1.807) is 11.8 Å². The third-order valence-electron chi connectivity index (χ3n) is 5.67. The van der Waals surface area contributed by atoms with Crippen LogP contribution in [0.3, 0.4) is 0 Å². The highest BCUT2D eigenvalue weighted by Gasteiger charge is 2.41. The smallest absolute Gasteiger partial charge is 0.226 e. The minimum Gasteiger partial charge on any atom is -0.342 e. The Labute approximate surface area is 165 Å². The van der Waals surface area contributed by atoms with Crippen LogP contribution in [0.1, 0.15) is 60.8 Å². The number of Topliss-reactive ketones (excluding diaryl/α,β-unsaturated/α-hetero) is 3. The number of benzene rings is 1. The lowest BCUT2D eigenvalue weighted by Gasteiger charge is -2.33. The van der Waals surface area contributed by atoms with E-state index in [2.05, 4.69) is 11.8 Å². The Kier molecular flexibility index (Phi) is 5.79. The van der Waals surface area contributed by atoms with E-state index in [0.717, 1.165) is 22.3 Å². The van der Waals surface area contributed by atoms with Gasteiger partial charge in [-0.1, -0.05) is 5.92 Å². The van der Waals surface area contributed by atoms with Gasteiger partial charge in [0.2, 0.25) is 5.91 Å². The molecule has 0 N–H and O–H groups in total. The monoisotopic (exact) mass is 379 g/mol. The Morgan fingerprint density at radius 3 is 2.04 bits per heavy atom. The standard InChI is InChI=1S/C23H25NO4/c1-4-5-16-10-14(2)21(15(3)11-16)22-19(26)12-17(13-20(22)27)23(28)24-8-6-18(25)7-9-24/h10-11,17,22H,6-9,12-13H2,1-3H3. The Morgan fingerprint density at radius 1 is 1.00 bits per heavy atom. The highest BCUT2D eigenvalue weighted by molar-refractivity contribution is 6.12. The molecule has 1 heterocycles. The summed E-state index contributed by atoms with van der Waals surface area (Å²) in [4.78, 5) is 51.5. The van der Waals surface area contributed by atoms with Crippen LogP contribution in [0, 0.1) is 31.6 Å². The third kappa shape index (κ3) is 3.91. The van der Waals surface area contributed by atoms with E-state index in [1.807, 2.05) is 26.0 Å². The molecule has 1 saturated heterocycles. The molecule has 2 aliphatic rings. The molecule has 0 unspecified atom stereocenters. The minimum absolute atomic E-state index is 0.0785. The van der Waals surface area contributed by atoms with Gasteiger partial charge in [-0.3, -0.25) is 19.2 Å². The second kappa shape index (κ2) is 8.10. The second-order valence-electron chi connectivity index (χ2n) is 7.73. The summed E-state index contributed by atoms with van der Waals surface area (Å²) in [5, 5.41) is 0. The zero-order valence-corrected chi connectivity index (χ0v) is 16.6. The van der Waals surface area contributed by atoms with Crippen molar-refractivity contribution in [1.29, 1.82) is 0 Å². The lowest BCUT2D eigenvalue weighted by atomic mass is 9.73. The number of carbonyl (C=O) groups excluding carboxylic acids is 4. The Hall–Kier alpha value is -2.74. The Balaban J connectivity index is 1.80. The molecular weight excluding hydrogens is 354 g/mol.